The normalized spacial score (nSPS) is 14.2. The van der Waals surface area contributed by atoms with Crippen LogP contribution < -0.4 is 19.9 Å². The Morgan fingerprint density at radius 2 is 1.79 bits per heavy atom. The Balaban J connectivity index is 1.39. The topological polar surface area (TPSA) is 66.7 Å². The van der Waals surface area contributed by atoms with Crippen LogP contribution in [0.5, 0.6) is 5.75 Å². The summed E-state index contributed by atoms with van der Waals surface area (Å²) in [5.74, 6) is 4.30. The van der Waals surface area contributed by atoms with Crippen molar-refractivity contribution >= 4 is 17.3 Å². The van der Waals surface area contributed by atoms with Crippen molar-refractivity contribution in [2.45, 2.75) is 13.5 Å². The molecule has 28 heavy (non-hydrogen) atoms. The number of hydrogen-bond acceptors (Lipinski definition) is 7. The third-order valence-corrected chi connectivity index (χ3v) is 4.89. The molecule has 0 radical (unpaired) electrons. The predicted molar refractivity (Wildman–Crippen MR) is 110 cm³/mol. The Bertz CT molecular complexity index is 888. The van der Waals surface area contributed by atoms with Gasteiger partial charge in [-0.05, 0) is 43.3 Å². The van der Waals surface area contributed by atoms with Gasteiger partial charge in [-0.1, -0.05) is 0 Å². The summed E-state index contributed by atoms with van der Waals surface area (Å²) in [5.41, 5.74) is 1.22. The molecule has 7 nitrogen and oxygen atoms in total. The summed E-state index contributed by atoms with van der Waals surface area (Å²) in [4.78, 5) is 13.8. The lowest BCUT2D eigenvalue weighted by molar-refractivity contribution is 0.415. The third kappa shape index (κ3) is 4.19. The van der Waals surface area contributed by atoms with Crippen LogP contribution in [0, 0.1) is 6.92 Å². The Hall–Kier alpha value is -3.22. The lowest BCUT2D eigenvalue weighted by Crippen LogP contribution is -2.46. The molecule has 1 saturated heterocycles. The first-order valence-corrected chi connectivity index (χ1v) is 9.47. The predicted octanol–water partition coefficient (Wildman–Crippen LogP) is 3.33. The van der Waals surface area contributed by atoms with Crippen LogP contribution in [0.1, 0.15) is 11.6 Å². The van der Waals surface area contributed by atoms with Gasteiger partial charge >= 0.3 is 0 Å². The SMILES string of the molecule is COc1ccc(N2CCN(c3cc(NCc4ccco4)nc(C)n3)CC2)cc1. The number of piperazine rings is 1. The van der Waals surface area contributed by atoms with Crippen LogP contribution in [0.3, 0.4) is 0 Å². The Kier molecular flexibility index (Phi) is 5.32. The van der Waals surface area contributed by atoms with Crippen LogP contribution in [0.4, 0.5) is 17.3 Å². The van der Waals surface area contributed by atoms with Crippen molar-refractivity contribution in [2.75, 3.05) is 48.4 Å². The van der Waals surface area contributed by atoms with Gasteiger partial charge in [0.2, 0.25) is 0 Å². The number of benzene rings is 1. The second-order valence-electron chi connectivity index (χ2n) is 6.76. The van der Waals surface area contributed by atoms with Gasteiger partial charge in [0.05, 0.1) is 19.9 Å². The molecule has 1 aliphatic rings. The summed E-state index contributed by atoms with van der Waals surface area (Å²) in [6.45, 7) is 6.26. The van der Waals surface area contributed by atoms with Gasteiger partial charge < -0.3 is 24.3 Å². The first-order valence-electron chi connectivity index (χ1n) is 9.47. The first kappa shape index (κ1) is 18.2. The highest BCUT2D eigenvalue weighted by Crippen LogP contribution is 2.23. The number of anilines is 3. The zero-order valence-corrected chi connectivity index (χ0v) is 16.3. The van der Waals surface area contributed by atoms with E-state index in [1.165, 1.54) is 5.69 Å². The van der Waals surface area contributed by atoms with Crippen LogP contribution >= 0.6 is 0 Å². The fourth-order valence-electron chi connectivity index (χ4n) is 3.38. The minimum atomic E-state index is 0.605. The molecule has 2 aromatic heterocycles. The van der Waals surface area contributed by atoms with E-state index in [2.05, 4.69) is 37.2 Å². The number of nitrogens with one attached hydrogen (secondary N) is 1. The van der Waals surface area contributed by atoms with Gasteiger partial charge in [-0.3, -0.25) is 0 Å². The Labute approximate surface area is 165 Å². The van der Waals surface area contributed by atoms with Crippen molar-refractivity contribution in [1.29, 1.82) is 0 Å². The molecule has 146 valence electrons. The molecular formula is C21H25N5O2. The average molecular weight is 379 g/mol. The van der Waals surface area contributed by atoms with Crippen molar-refractivity contribution in [2.24, 2.45) is 0 Å². The monoisotopic (exact) mass is 379 g/mol. The molecule has 1 aromatic carbocycles. The second-order valence-corrected chi connectivity index (χ2v) is 6.76. The molecule has 0 atom stereocenters. The molecule has 1 N–H and O–H groups in total. The smallest absolute Gasteiger partial charge is 0.134 e. The van der Waals surface area contributed by atoms with Crippen molar-refractivity contribution in [3.8, 4) is 5.75 Å². The second kappa shape index (κ2) is 8.21. The number of hydrogen-bond donors (Lipinski definition) is 1. The van der Waals surface area contributed by atoms with Crippen LogP contribution in [-0.4, -0.2) is 43.3 Å². The zero-order chi connectivity index (χ0) is 19.3. The minimum Gasteiger partial charge on any atom is -0.497 e. The summed E-state index contributed by atoms with van der Waals surface area (Å²) < 4.78 is 10.6. The van der Waals surface area contributed by atoms with Crippen LogP contribution in [0.15, 0.2) is 53.1 Å². The number of aromatic nitrogens is 2. The molecule has 3 heterocycles. The number of methoxy groups -OCH3 is 1. The maximum atomic E-state index is 5.37. The number of furan rings is 1. The lowest BCUT2D eigenvalue weighted by atomic mass is 10.2. The average Bonchev–Trinajstić information content (AvgIpc) is 3.26. The minimum absolute atomic E-state index is 0.605. The molecule has 0 aliphatic carbocycles. The van der Waals surface area contributed by atoms with E-state index in [1.54, 1.807) is 13.4 Å². The van der Waals surface area contributed by atoms with E-state index in [9.17, 15) is 0 Å². The largest absolute Gasteiger partial charge is 0.497 e. The number of aryl methyl sites for hydroxylation is 1. The van der Waals surface area contributed by atoms with Gasteiger partial charge in [-0.25, -0.2) is 9.97 Å². The quantitative estimate of drug-likeness (QED) is 0.705. The number of ether oxygens (including phenoxy) is 1. The lowest BCUT2D eigenvalue weighted by Gasteiger charge is -2.37. The van der Waals surface area contributed by atoms with Crippen molar-refractivity contribution < 1.29 is 9.15 Å². The van der Waals surface area contributed by atoms with Crippen molar-refractivity contribution in [1.82, 2.24) is 9.97 Å². The van der Waals surface area contributed by atoms with Gasteiger partial charge in [0.15, 0.2) is 0 Å². The van der Waals surface area contributed by atoms with Crippen molar-refractivity contribution in [3.05, 3.63) is 60.3 Å². The van der Waals surface area contributed by atoms with E-state index in [4.69, 9.17) is 9.15 Å². The van der Waals surface area contributed by atoms with Gasteiger partial charge in [0, 0.05) is 37.9 Å². The van der Waals surface area contributed by atoms with E-state index < -0.39 is 0 Å². The van der Waals surface area contributed by atoms with E-state index >= 15 is 0 Å². The highest BCUT2D eigenvalue weighted by Gasteiger charge is 2.19. The molecule has 0 saturated carbocycles. The van der Waals surface area contributed by atoms with E-state index in [-0.39, 0.29) is 0 Å². The maximum absolute atomic E-state index is 5.37. The van der Waals surface area contributed by atoms with Gasteiger partial charge in [-0.2, -0.15) is 0 Å². The first-order chi connectivity index (χ1) is 13.7. The Morgan fingerprint density at radius 1 is 1.04 bits per heavy atom. The van der Waals surface area contributed by atoms with Crippen LogP contribution in [-0.2, 0) is 6.54 Å². The summed E-state index contributed by atoms with van der Waals surface area (Å²) in [5, 5.41) is 3.32. The van der Waals surface area contributed by atoms with Crippen molar-refractivity contribution in [3.63, 3.8) is 0 Å². The van der Waals surface area contributed by atoms with E-state index in [1.807, 2.05) is 37.3 Å². The molecule has 0 unspecified atom stereocenters. The molecule has 1 fully saturated rings. The zero-order valence-electron chi connectivity index (χ0n) is 16.3. The molecule has 7 heteroatoms. The number of rotatable bonds is 6. The molecule has 1 aliphatic heterocycles. The highest BCUT2D eigenvalue weighted by atomic mass is 16.5. The fraction of sp³-hybridized carbons (Fsp3) is 0.333. The third-order valence-electron chi connectivity index (χ3n) is 4.89. The molecular weight excluding hydrogens is 354 g/mol. The molecule has 0 bridgehead atoms. The van der Waals surface area contributed by atoms with Crippen LogP contribution in [0.25, 0.3) is 0 Å². The van der Waals surface area contributed by atoms with Gasteiger partial charge in [0.1, 0.15) is 29.0 Å². The van der Waals surface area contributed by atoms with Gasteiger partial charge in [-0.15, -0.1) is 0 Å². The summed E-state index contributed by atoms with van der Waals surface area (Å²) in [6, 6.07) is 14.1. The molecule has 4 rings (SSSR count). The Morgan fingerprint density at radius 3 is 2.46 bits per heavy atom. The maximum Gasteiger partial charge on any atom is 0.134 e. The van der Waals surface area contributed by atoms with E-state index in [0.29, 0.717) is 6.54 Å². The summed E-state index contributed by atoms with van der Waals surface area (Å²) in [6.07, 6.45) is 1.68. The van der Waals surface area contributed by atoms with Crippen LogP contribution in [0.2, 0.25) is 0 Å². The molecule has 0 amide bonds. The molecule has 3 aromatic rings. The number of nitrogens with zero attached hydrogens (tertiary/aromatic N) is 4. The highest BCUT2D eigenvalue weighted by molar-refractivity contribution is 5.53. The fourth-order valence-corrected chi connectivity index (χ4v) is 3.38. The van der Waals surface area contributed by atoms with Gasteiger partial charge in [0.25, 0.3) is 0 Å². The summed E-state index contributed by atoms with van der Waals surface area (Å²) in [7, 11) is 1.69. The standard InChI is InChI=1S/C21H25N5O2/c1-16-23-20(22-15-19-4-3-13-28-19)14-21(24-16)26-11-9-25(10-12-26)17-5-7-18(27-2)8-6-17/h3-8,13-14H,9-12,15H2,1-2H3,(H,22,23,24). The summed E-state index contributed by atoms with van der Waals surface area (Å²) >= 11 is 0. The van der Waals surface area contributed by atoms with E-state index in [0.717, 1.165) is 55.1 Å². The molecule has 0 spiro atoms.